The molecule has 3 aromatic rings. The zero-order chi connectivity index (χ0) is 20.8. The third kappa shape index (κ3) is 5.38. The minimum atomic E-state index is 0.00889. The molecule has 0 aliphatic carbocycles. The Morgan fingerprint density at radius 3 is 2.27 bits per heavy atom. The molecule has 30 heavy (non-hydrogen) atoms. The summed E-state index contributed by atoms with van der Waals surface area (Å²) in [5, 5.41) is 3.20. The molecule has 3 aromatic carbocycles. The number of nitrogens with zero attached hydrogens (tertiary/aromatic N) is 1. The van der Waals surface area contributed by atoms with Gasteiger partial charge >= 0.3 is 0 Å². The molecular weight excluding hydrogens is 436 g/mol. The molecule has 1 amide bonds. The summed E-state index contributed by atoms with van der Waals surface area (Å²) in [7, 11) is 0. The van der Waals surface area contributed by atoms with Crippen molar-refractivity contribution in [3.8, 4) is 0 Å². The highest BCUT2D eigenvalue weighted by Gasteiger charge is 2.25. The van der Waals surface area contributed by atoms with Gasteiger partial charge < -0.3 is 10.2 Å². The second kappa shape index (κ2) is 10.1. The van der Waals surface area contributed by atoms with E-state index in [9.17, 15) is 4.79 Å². The average molecular weight is 463 g/mol. The van der Waals surface area contributed by atoms with Crippen LogP contribution in [0.4, 0.5) is 0 Å². The first-order chi connectivity index (χ1) is 14.7. The second-order valence-electron chi connectivity index (χ2n) is 7.93. The number of likely N-dealkylation sites (tertiary alicyclic amines) is 1. The van der Waals surface area contributed by atoms with Crippen molar-refractivity contribution < 1.29 is 4.79 Å². The van der Waals surface area contributed by atoms with Crippen molar-refractivity contribution >= 4 is 21.8 Å². The highest BCUT2D eigenvalue weighted by atomic mass is 79.9. The first kappa shape index (κ1) is 20.8. The Labute approximate surface area is 187 Å². The Balaban J connectivity index is 1.35. The number of rotatable bonds is 7. The number of carbonyl (C=O) groups is 1. The first-order valence-electron chi connectivity index (χ1n) is 10.6. The van der Waals surface area contributed by atoms with Crippen LogP contribution in [0, 0.1) is 0 Å². The maximum Gasteiger partial charge on any atom is 0.251 e. The molecule has 3 nitrogen and oxygen atoms in total. The maximum atomic E-state index is 12.5. The second-order valence-corrected chi connectivity index (χ2v) is 8.85. The van der Waals surface area contributed by atoms with Gasteiger partial charge in [-0.15, -0.1) is 0 Å². The molecule has 1 heterocycles. The van der Waals surface area contributed by atoms with Gasteiger partial charge in [0.05, 0.1) is 0 Å². The van der Waals surface area contributed by atoms with E-state index in [1.807, 2.05) is 24.3 Å². The zero-order valence-corrected chi connectivity index (χ0v) is 18.6. The van der Waals surface area contributed by atoms with E-state index in [-0.39, 0.29) is 11.9 Å². The lowest BCUT2D eigenvalue weighted by Crippen LogP contribution is -2.37. The Kier molecular flexibility index (Phi) is 6.98. The van der Waals surface area contributed by atoms with Crippen LogP contribution in [0.3, 0.4) is 0 Å². The summed E-state index contributed by atoms with van der Waals surface area (Å²) < 4.78 is 0.927. The van der Waals surface area contributed by atoms with Crippen LogP contribution in [-0.2, 0) is 0 Å². The fraction of sp³-hybridized carbons (Fsp3) is 0.269. The van der Waals surface area contributed by atoms with Gasteiger partial charge in [-0.3, -0.25) is 4.79 Å². The largest absolute Gasteiger partial charge is 0.348 e. The van der Waals surface area contributed by atoms with Gasteiger partial charge in [-0.2, -0.15) is 0 Å². The lowest BCUT2D eigenvalue weighted by molar-refractivity contribution is 0.0937. The van der Waals surface area contributed by atoms with Gasteiger partial charge in [-0.05, 0) is 48.7 Å². The van der Waals surface area contributed by atoms with Crippen molar-refractivity contribution in [2.45, 2.75) is 24.8 Å². The van der Waals surface area contributed by atoms with Gasteiger partial charge in [0.15, 0.2) is 0 Å². The van der Waals surface area contributed by atoms with Crippen LogP contribution in [0.15, 0.2) is 89.4 Å². The van der Waals surface area contributed by atoms with Gasteiger partial charge in [-0.1, -0.05) is 82.7 Å². The minimum Gasteiger partial charge on any atom is -0.348 e. The van der Waals surface area contributed by atoms with Gasteiger partial charge in [0.25, 0.3) is 5.91 Å². The number of nitrogens with one attached hydrogen (secondary N) is 1. The topological polar surface area (TPSA) is 32.3 Å². The molecule has 154 valence electrons. The summed E-state index contributed by atoms with van der Waals surface area (Å²) in [5.41, 5.74) is 3.43. The van der Waals surface area contributed by atoms with Crippen molar-refractivity contribution in [3.05, 3.63) is 106 Å². The summed E-state index contributed by atoms with van der Waals surface area (Å²) in [5.74, 6) is 0.400. The monoisotopic (exact) mass is 462 g/mol. The standard InChI is InChI=1S/C26H27BrN2O/c27-23-13-7-12-22(18-23)26(30)28-24-14-16-29(19-24)17-15-25(20-8-3-1-4-9-20)21-10-5-2-6-11-21/h1-13,18,24-25H,14-17,19H2,(H,28,30). The number of amides is 1. The van der Waals surface area contributed by atoms with Crippen molar-refractivity contribution in [1.82, 2.24) is 10.2 Å². The number of hydrogen-bond acceptors (Lipinski definition) is 2. The van der Waals surface area contributed by atoms with E-state index in [0.29, 0.717) is 11.5 Å². The molecule has 4 rings (SSSR count). The summed E-state index contributed by atoms with van der Waals surface area (Å²) in [6.45, 7) is 2.97. The number of carbonyl (C=O) groups excluding carboxylic acids is 1. The molecule has 1 atom stereocenters. The highest BCUT2D eigenvalue weighted by Crippen LogP contribution is 2.28. The summed E-state index contributed by atoms with van der Waals surface area (Å²) >= 11 is 3.44. The smallest absolute Gasteiger partial charge is 0.251 e. The summed E-state index contributed by atoms with van der Waals surface area (Å²) in [6.07, 6.45) is 2.07. The molecule has 0 bridgehead atoms. The Hall–Kier alpha value is -2.43. The summed E-state index contributed by atoms with van der Waals surface area (Å²) in [6, 6.07) is 29.3. The van der Waals surface area contributed by atoms with E-state index in [1.165, 1.54) is 11.1 Å². The van der Waals surface area contributed by atoms with E-state index in [0.717, 1.165) is 36.9 Å². The van der Waals surface area contributed by atoms with Crippen molar-refractivity contribution in [2.75, 3.05) is 19.6 Å². The predicted octanol–water partition coefficient (Wildman–Crippen LogP) is 5.48. The molecule has 1 unspecified atom stereocenters. The Bertz CT molecular complexity index is 922. The van der Waals surface area contributed by atoms with Gasteiger partial charge in [0.1, 0.15) is 0 Å². The van der Waals surface area contributed by atoms with E-state index in [2.05, 4.69) is 86.8 Å². The van der Waals surface area contributed by atoms with Gasteiger partial charge in [0, 0.05) is 35.1 Å². The molecule has 1 aliphatic heterocycles. The Morgan fingerprint density at radius 1 is 0.967 bits per heavy atom. The van der Waals surface area contributed by atoms with Crippen LogP contribution in [0.5, 0.6) is 0 Å². The molecule has 1 aliphatic rings. The normalized spacial score (nSPS) is 16.7. The lowest BCUT2D eigenvalue weighted by atomic mass is 9.88. The van der Waals surface area contributed by atoms with Crippen molar-refractivity contribution in [1.29, 1.82) is 0 Å². The molecule has 0 radical (unpaired) electrons. The molecule has 0 aromatic heterocycles. The predicted molar refractivity (Wildman–Crippen MR) is 126 cm³/mol. The highest BCUT2D eigenvalue weighted by molar-refractivity contribution is 9.10. The van der Waals surface area contributed by atoms with Gasteiger partial charge in [0.2, 0.25) is 0 Å². The average Bonchev–Trinajstić information content (AvgIpc) is 3.22. The summed E-state index contributed by atoms with van der Waals surface area (Å²) in [4.78, 5) is 15.0. The number of halogens is 1. The maximum absolute atomic E-state index is 12.5. The van der Waals surface area contributed by atoms with Crippen LogP contribution >= 0.6 is 15.9 Å². The lowest BCUT2D eigenvalue weighted by Gasteiger charge is -2.22. The number of hydrogen-bond donors (Lipinski definition) is 1. The molecule has 1 saturated heterocycles. The van der Waals surface area contributed by atoms with Crippen LogP contribution in [-0.4, -0.2) is 36.5 Å². The van der Waals surface area contributed by atoms with Crippen LogP contribution in [0.25, 0.3) is 0 Å². The molecule has 1 N–H and O–H groups in total. The van der Waals surface area contributed by atoms with E-state index in [4.69, 9.17) is 0 Å². The Morgan fingerprint density at radius 2 is 1.63 bits per heavy atom. The van der Waals surface area contributed by atoms with Crippen molar-refractivity contribution in [3.63, 3.8) is 0 Å². The van der Waals surface area contributed by atoms with E-state index in [1.54, 1.807) is 0 Å². The van der Waals surface area contributed by atoms with Gasteiger partial charge in [-0.25, -0.2) is 0 Å². The van der Waals surface area contributed by atoms with Crippen LogP contribution in [0.1, 0.15) is 40.2 Å². The molecule has 0 spiro atoms. The SMILES string of the molecule is O=C(NC1CCN(CCC(c2ccccc2)c2ccccc2)C1)c1cccc(Br)c1. The van der Waals surface area contributed by atoms with E-state index < -0.39 is 0 Å². The third-order valence-corrected chi connectivity index (χ3v) is 6.33. The molecular formula is C26H27BrN2O. The minimum absolute atomic E-state index is 0.00889. The molecule has 1 fully saturated rings. The van der Waals surface area contributed by atoms with Crippen molar-refractivity contribution in [2.24, 2.45) is 0 Å². The zero-order valence-electron chi connectivity index (χ0n) is 17.0. The third-order valence-electron chi connectivity index (χ3n) is 5.83. The fourth-order valence-electron chi connectivity index (χ4n) is 4.26. The van der Waals surface area contributed by atoms with Crippen LogP contribution in [0.2, 0.25) is 0 Å². The molecule has 4 heteroatoms. The fourth-order valence-corrected chi connectivity index (χ4v) is 4.66. The van der Waals surface area contributed by atoms with E-state index >= 15 is 0 Å². The number of benzene rings is 3. The molecule has 0 saturated carbocycles. The first-order valence-corrected chi connectivity index (χ1v) is 11.4. The quantitative estimate of drug-likeness (QED) is 0.504. The van der Waals surface area contributed by atoms with Crippen LogP contribution < -0.4 is 5.32 Å².